The number of aromatic nitrogens is 1. The second-order valence-electron chi connectivity index (χ2n) is 6.41. The highest BCUT2D eigenvalue weighted by molar-refractivity contribution is 5.77. The molecular formula is C20H25N3O. The third kappa shape index (κ3) is 3.58. The number of amides is 1. The first-order valence-corrected chi connectivity index (χ1v) is 8.67. The summed E-state index contributed by atoms with van der Waals surface area (Å²) in [7, 11) is 2.11. The van der Waals surface area contributed by atoms with Crippen LogP contribution in [0.5, 0.6) is 0 Å². The van der Waals surface area contributed by atoms with Crippen molar-refractivity contribution in [3.63, 3.8) is 0 Å². The molecule has 1 amide bonds. The Balaban J connectivity index is 1.76. The van der Waals surface area contributed by atoms with Gasteiger partial charge in [0, 0.05) is 50.2 Å². The molecule has 0 spiro atoms. The summed E-state index contributed by atoms with van der Waals surface area (Å²) < 4.78 is 0. The highest BCUT2D eigenvalue weighted by atomic mass is 16.2. The van der Waals surface area contributed by atoms with Crippen molar-refractivity contribution in [1.82, 2.24) is 9.88 Å². The number of para-hydroxylation sites is 1. The molecule has 0 bridgehead atoms. The fourth-order valence-electron chi connectivity index (χ4n) is 3.41. The minimum absolute atomic E-state index is 0.220. The summed E-state index contributed by atoms with van der Waals surface area (Å²) in [4.78, 5) is 21.5. The molecule has 0 saturated carbocycles. The molecule has 3 rings (SSSR count). The van der Waals surface area contributed by atoms with E-state index in [1.807, 2.05) is 18.2 Å². The lowest BCUT2D eigenvalue weighted by molar-refractivity contribution is -0.134. The van der Waals surface area contributed by atoms with E-state index in [9.17, 15) is 4.79 Å². The molecule has 1 aliphatic rings. The predicted molar refractivity (Wildman–Crippen MR) is 96.9 cm³/mol. The van der Waals surface area contributed by atoms with Crippen LogP contribution in [0, 0.1) is 0 Å². The van der Waals surface area contributed by atoms with Crippen LogP contribution in [0.3, 0.4) is 0 Å². The Kier molecular flexibility index (Phi) is 5.14. The maximum Gasteiger partial charge on any atom is 0.223 e. The lowest BCUT2D eigenvalue weighted by atomic mass is 10.1. The van der Waals surface area contributed by atoms with Crippen LogP contribution >= 0.6 is 0 Å². The zero-order valence-electron chi connectivity index (χ0n) is 14.5. The largest absolute Gasteiger partial charge is 0.372 e. The molecule has 0 fully saturated rings. The summed E-state index contributed by atoms with van der Waals surface area (Å²) >= 11 is 0. The quantitative estimate of drug-likeness (QED) is 0.866. The van der Waals surface area contributed by atoms with Gasteiger partial charge in [0.2, 0.25) is 5.91 Å². The number of likely N-dealkylation sites (N-methyl/N-ethyl adjacent to an activating group) is 1. The van der Waals surface area contributed by atoms with Gasteiger partial charge in [-0.25, -0.2) is 0 Å². The van der Waals surface area contributed by atoms with Gasteiger partial charge >= 0.3 is 0 Å². The number of carbonyl (C=O) groups excluding carboxylic acids is 1. The molecule has 1 aromatic carbocycles. The third-order valence-corrected chi connectivity index (χ3v) is 4.78. The summed E-state index contributed by atoms with van der Waals surface area (Å²) in [5, 5.41) is 0. The molecule has 1 aromatic heterocycles. The molecule has 4 nitrogen and oxygen atoms in total. The molecule has 2 aromatic rings. The number of fused-ring (bicyclic) bond motifs is 1. The fraction of sp³-hybridized carbons (Fsp3) is 0.400. The van der Waals surface area contributed by atoms with Crippen molar-refractivity contribution in [3.05, 3.63) is 59.9 Å². The molecule has 0 saturated heterocycles. The van der Waals surface area contributed by atoms with Crippen LogP contribution in [-0.4, -0.2) is 35.4 Å². The molecule has 0 unspecified atom stereocenters. The van der Waals surface area contributed by atoms with Gasteiger partial charge in [-0.15, -0.1) is 0 Å². The topological polar surface area (TPSA) is 36.4 Å². The highest BCUT2D eigenvalue weighted by Crippen LogP contribution is 2.27. The first kappa shape index (κ1) is 16.5. The first-order valence-electron chi connectivity index (χ1n) is 8.67. The van der Waals surface area contributed by atoms with Crippen LogP contribution in [0.1, 0.15) is 31.0 Å². The van der Waals surface area contributed by atoms with Crippen molar-refractivity contribution in [2.24, 2.45) is 0 Å². The van der Waals surface area contributed by atoms with E-state index < -0.39 is 0 Å². The number of anilines is 1. The van der Waals surface area contributed by atoms with Gasteiger partial charge in [0.05, 0.1) is 0 Å². The molecule has 4 heteroatoms. The van der Waals surface area contributed by atoms with E-state index in [1.165, 1.54) is 11.3 Å². The van der Waals surface area contributed by atoms with E-state index >= 15 is 0 Å². The molecule has 2 heterocycles. The summed E-state index contributed by atoms with van der Waals surface area (Å²) in [6.45, 7) is 3.73. The van der Waals surface area contributed by atoms with E-state index in [2.05, 4.69) is 53.0 Å². The average Bonchev–Trinajstić information content (AvgIpc) is 2.77. The van der Waals surface area contributed by atoms with Gasteiger partial charge < -0.3 is 9.80 Å². The monoisotopic (exact) mass is 323 g/mol. The van der Waals surface area contributed by atoms with Crippen LogP contribution in [0.25, 0.3) is 0 Å². The van der Waals surface area contributed by atoms with Crippen molar-refractivity contribution in [2.45, 2.75) is 38.8 Å². The van der Waals surface area contributed by atoms with Crippen molar-refractivity contribution in [1.29, 1.82) is 0 Å². The highest BCUT2D eigenvalue weighted by Gasteiger charge is 2.28. The number of rotatable bonds is 4. The van der Waals surface area contributed by atoms with Crippen LogP contribution < -0.4 is 4.90 Å². The molecule has 0 radical (unpaired) electrons. The number of nitrogens with zero attached hydrogens (tertiary/aromatic N) is 3. The zero-order valence-corrected chi connectivity index (χ0v) is 14.5. The van der Waals surface area contributed by atoms with Crippen LogP contribution in [-0.2, 0) is 17.8 Å². The second-order valence-corrected chi connectivity index (χ2v) is 6.41. The number of benzene rings is 1. The Morgan fingerprint density at radius 1 is 1.21 bits per heavy atom. The summed E-state index contributed by atoms with van der Waals surface area (Å²) in [6.07, 6.45) is 3.96. The SMILES string of the molecule is CC[C@H]1CN(C)c2ccccc2CN1C(=O)CCc1ccccn1. The molecular weight excluding hydrogens is 298 g/mol. The van der Waals surface area contributed by atoms with E-state index in [0.29, 0.717) is 19.4 Å². The number of carbonyl (C=O) groups is 1. The first-order chi connectivity index (χ1) is 11.7. The van der Waals surface area contributed by atoms with Gasteiger partial charge in [-0.3, -0.25) is 9.78 Å². The van der Waals surface area contributed by atoms with Crippen LogP contribution in [0.2, 0.25) is 0 Å². The van der Waals surface area contributed by atoms with E-state index in [0.717, 1.165) is 18.7 Å². The van der Waals surface area contributed by atoms with Gasteiger partial charge in [0.1, 0.15) is 0 Å². The Morgan fingerprint density at radius 2 is 2.00 bits per heavy atom. The van der Waals surface area contributed by atoms with Crippen LogP contribution in [0.4, 0.5) is 5.69 Å². The van der Waals surface area contributed by atoms with Gasteiger partial charge in [-0.1, -0.05) is 31.2 Å². The minimum atomic E-state index is 0.220. The Labute approximate surface area is 144 Å². The van der Waals surface area contributed by atoms with E-state index in [1.54, 1.807) is 6.20 Å². The maximum atomic E-state index is 12.9. The van der Waals surface area contributed by atoms with Crippen molar-refractivity contribution in [2.75, 3.05) is 18.5 Å². The number of pyridine rings is 1. The third-order valence-electron chi connectivity index (χ3n) is 4.78. The molecule has 0 N–H and O–H groups in total. The molecule has 126 valence electrons. The smallest absolute Gasteiger partial charge is 0.223 e. The molecule has 1 aliphatic heterocycles. The Hall–Kier alpha value is -2.36. The second kappa shape index (κ2) is 7.47. The summed E-state index contributed by atoms with van der Waals surface area (Å²) in [5.41, 5.74) is 3.43. The van der Waals surface area contributed by atoms with Crippen molar-refractivity contribution < 1.29 is 4.79 Å². The minimum Gasteiger partial charge on any atom is -0.372 e. The van der Waals surface area contributed by atoms with Gasteiger partial charge in [-0.05, 0) is 36.6 Å². The lowest BCUT2D eigenvalue weighted by Crippen LogP contribution is -2.43. The normalized spacial score (nSPS) is 17.3. The number of aryl methyl sites for hydroxylation is 1. The Morgan fingerprint density at radius 3 is 2.75 bits per heavy atom. The van der Waals surface area contributed by atoms with Crippen molar-refractivity contribution >= 4 is 11.6 Å². The average molecular weight is 323 g/mol. The lowest BCUT2D eigenvalue weighted by Gasteiger charge is -2.30. The fourth-order valence-corrected chi connectivity index (χ4v) is 3.41. The van der Waals surface area contributed by atoms with E-state index in [4.69, 9.17) is 0 Å². The van der Waals surface area contributed by atoms with Gasteiger partial charge in [0.25, 0.3) is 0 Å². The van der Waals surface area contributed by atoms with Gasteiger partial charge in [-0.2, -0.15) is 0 Å². The van der Waals surface area contributed by atoms with Crippen molar-refractivity contribution in [3.8, 4) is 0 Å². The number of hydrogen-bond acceptors (Lipinski definition) is 3. The molecule has 24 heavy (non-hydrogen) atoms. The summed E-state index contributed by atoms with van der Waals surface area (Å²) in [6, 6.07) is 14.5. The van der Waals surface area contributed by atoms with Gasteiger partial charge in [0.15, 0.2) is 0 Å². The van der Waals surface area contributed by atoms with E-state index in [-0.39, 0.29) is 11.9 Å². The summed E-state index contributed by atoms with van der Waals surface area (Å²) in [5.74, 6) is 0.220. The zero-order chi connectivity index (χ0) is 16.9. The predicted octanol–water partition coefficient (Wildman–Crippen LogP) is 3.27. The molecule has 0 aliphatic carbocycles. The van der Waals surface area contributed by atoms with Crippen LogP contribution in [0.15, 0.2) is 48.7 Å². The standard InChI is InChI=1S/C20H25N3O/c1-3-18-15-22(2)19-10-5-4-8-16(19)14-23(18)20(24)12-11-17-9-6-7-13-21-17/h4-10,13,18H,3,11-12,14-15H2,1-2H3/t18-/m0/s1. The maximum absolute atomic E-state index is 12.9. The Bertz CT molecular complexity index is 686. The molecule has 1 atom stereocenters. The number of hydrogen-bond donors (Lipinski definition) is 0.